The second-order valence-corrected chi connectivity index (χ2v) is 5.13. The Morgan fingerprint density at radius 3 is 2.48 bits per heavy atom. The van der Waals surface area contributed by atoms with Crippen LogP contribution in [0.3, 0.4) is 0 Å². The molecule has 0 fully saturated rings. The third-order valence-corrected chi connectivity index (χ3v) is 3.43. The van der Waals surface area contributed by atoms with Crippen LogP contribution in [0.4, 0.5) is 14.6 Å². The van der Waals surface area contributed by atoms with Gasteiger partial charge in [-0.1, -0.05) is 6.07 Å². The SMILES string of the molecule is O=C(NCCNc1cc(-n2cccc2)ncn1)c1c(F)cccc1F. The van der Waals surface area contributed by atoms with Crippen molar-refractivity contribution in [1.82, 2.24) is 19.9 Å². The average molecular weight is 343 g/mol. The Bertz CT molecular complexity index is 847. The maximum Gasteiger partial charge on any atom is 0.257 e. The van der Waals surface area contributed by atoms with Gasteiger partial charge < -0.3 is 15.2 Å². The van der Waals surface area contributed by atoms with Gasteiger partial charge in [-0.2, -0.15) is 0 Å². The van der Waals surface area contributed by atoms with E-state index in [-0.39, 0.29) is 6.54 Å². The molecule has 0 radical (unpaired) electrons. The highest BCUT2D eigenvalue weighted by molar-refractivity contribution is 5.94. The van der Waals surface area contributed by atoms with E-state index < -0.39 is 23.1 Å². The lowest BCUT2D eigenvalue weighted by Crippen LogP contribution is -2.30. The van der Waals surface area contributed by atoms with E-state index in [0.717, 1.165) is 12.1 Å². The minimum absolute atomic E-state index is 0.176. The summed E-state index contributed by atoms with van der Waals surface area (Å²) < 4.78 is 28.9. The van der Waals surface area contributed by atoms with E-state index in [2.05, 4.69) is 20.6 Å². The van der Waals surface area contributed by atoms with Crippen LogP contribution in [0.5, 0.6) is 0 Å². The monoisotopic (exact) mass is 343 g/mol. The van der Waals surface area contributed by atoms with Gasteiger partial charge in [-0.25, -0.2) is 18.7 Å². The van der Waals surface area contributed by atoms with Crippen LogP contribution in [0.15, 0.2) is 55.1 Å². The van der Waals surface area contributed by atoms with E-state index in [1.165, 1.54) is 12.4 Å². The highest BCUT2D eigenvalue weighted by Crippen LogP contribution is 2.11. The molecular formula is C17H15F2N5O. The summed E-state index contributed by atoms with van der Waals surface area (Å²) in [5.41, 5.74) is -0.584. The van der Waals surface area contributed by atoms with Crippen LogP contribution >= 0.6 is 0 Å². The normalized spacial score (nSPS) is 10.5. The first-order valence-corrected chi connectivity index (χ1v) is 7.56. The predicted molar refractivity (Wildman–Crippen MR) is 88.5 cm³/mol. The lowest BCUT2D eigenvalue weighted by atomic mass is 10.2. The molecule has 2 aromatic heterocycles. The Kier molecular flexibility index (Phi) is 4.98. The molecule has 0 atom stereocenters. The summed E-state index contributed by atoms with van der Waals surface area (Å²) in [6.45, 7) is 0.513. The summed E-state index contributed by atoms with van der Waals surface area (Å²) >= 11 is 0. The number of halogens is 2. The lowest BCUT2D eigenvalue weighted by molar-refractivity contribution is 0.0946. The van der Waals surface area contributed by atoms with E-state index in [0.29, 0.717) is 18.2 Å². The molecule has 0 unspecified atom stereocenters. The van der Waals surface area contributed by atoms with E-state index >= 15 is 0 Å². The molecule has 0 aliphatic heterocycles. The standard InChI is InChI=1S/C17H15F2N5O/c18-12-4-3-5-13(19)16(12)17(25)21-7-6-20-14-10-15(23-11-22-14)24-8-1-2-9-24/h1-5,8-11H,6-7H2,(H,21,25)(H,20,22,23). The molecule has 8 heteroatoms. The van der Waals surface area contributed by atoms with E-state index in [9.17, 15) is 13.6 Å². The van der Waals surface area contributed by atoms with Crippen molar-refractivity contribution in [2.24, 2.45) is 0 Å². The largest absolute Gasteiger partial charge is 0.368 e. The zero-order chi connectivity index (χ0) is 17.6. The number of benzene rings is 1. The van der Waals surface area contributed by atoms with Crippen LogP contribution in [-0.2, 0) is 0 Å². The number of carbonyl (C=O) groups is 1. The second-order valence-electron chi connectivity index (χ2n) is 5.13. The molecule has 0 saturated heterocycles. The second kappa shape index (κ2) is 7.52. The molecule has 2 heterocycles. The minimum Gasteiger partial charge on any atom is -0.368 e. The van der Waals surface area contributed by atoms with Crippen LogP contribution in [-0.4, -0.2) is 33.5 Å². The van der Waals surface area contributed by atoms with Crippen molar-refractivity contribution in [3.63, 3.8) is 0 Å². The molecule has 0 bridgehead atoms. The van der Waals surface area contributed by atoms with Gasteiger partial charge in [0.05, 0.1) is 0 Å². The molecule has 0 aliphatic carbocycles. The van der Waals surface area contributed by atoms with Crippen LogP contribution in [0.1, 0.15) is 10.4 Å². The molecule has 128 valence electrons. The van der Waals surface area contributed by atoms with Gasteiger partial charge in [-0.3, -0.25) is 4.79 Å². The molecular weight excluding hydrogens is 328 g/mol. The molecule has 0 aliphatic rings. The number of hydrogen-bond donors (Lipinski definition) is 2. The summed E-state index contributed by atoms with van der Waals surface area (Å²) in [5, 5.41) is 5.48. The Morgan fingerprint density at radius 2 is 1.76 bits per heavy atom. The summed E-state index contributed by atoms with van der Waals surface area (Å²) in [6, 6.07) is 8.80. The molecule has 1 aromatic carbocycles. The quantitative estimate of drug-likeness (QED) is 0.674. The number of amides is 1. The maximum atomic E-state index is 13.5. The molecule has 0 spiro atoms. The maximum absolute atomic E-state index is 13.5. The van der Waals surface area contributed by atoms with Gasteiger partial charge >= 0.3 is 0 Å². The van der Waals surface area contributed by atoms with Gasteiger partial charge in [0.15, 0.2) is 0 Å². The molecule has 3 aromatic rings. The molecule has 3 rings (SSSR count). The number of carbonyl (C=O) groups excluding carboxylic acids is 1. The Morgan fingerprint density at radius 1 is 1.04 bits per heavy atom. The first-order chi connectivity index (χ1) is 12.1. The number of hydrogen-bond acceptors (Lipinski definition) is 4. The molecule has 0 saturated carbocycles. The van der Waals surface area contributed by atoms with E-state index in [1.54, 1.807) is 6.07 Å². The summed E-state index contributed by atoms with van der Waals surface area (Å²) in [4.78, 5) is 20.1. The fraction of sp³-hybridized carbons (Fsp3) is 0.118. The summed E-state index contributed by atoms with van der Waals surface area (Å²) in [5.74, 6) is -1.31. The minimum atomic E-state index is -0.891. The molecule has 1 amide bonds. The average Bonchev–Trinajstić information content (AvgIpc) is 3.13. The zero-order valence-electron chi connectivity index (χ0n) is 13.1. The van der Waals surface area contributed by atoms with Crippen molar-refractivity contribution < 1.29 is 13.6 Å². The summed E-state index contributed by atoms with van der Waals surface area (Å²) in [6.07, 6.45) is 5.13. The molecule has 6 nitrogen and oxygen atoms in total. The first kappa shape index (κ1) is 16.6. The van der Waals surface area contributed by atoms with Crippen LogP contribution in [0, 0.1) is 11.6 Å². The van der Waals surface area contributed by atoms with E-state index in [4.69, 9.17) is 0 Å². The van der Waals surface area contributed by atoms with Gasteiger partial charge in [-0.15, -0.1) is 0 Å². The zero-order valence-corrected chi connectivity index (χ0v) is 13.1. The number of anilines is 1. The Balaban J connectivity index is 1.54. The predicted octanol–water partition coefficient (Wildman–Crippen LogP) is 2.39. The highest BCUT2D eigenvalue weighted by atomic mass is 19.1. The highest BCUT2D eigenvalue weighted by Gasteiger charge is 2.16. The van der Waals surface area contributed by atoms with Crippen molar-refractivity contribution in [2.45, 2.75) is 0 Å². The smallest absolute Gasteiger partial charge is 0.257 e. The Hall–Kier alpha value is -3.29. The molecule has 2 N–H and O–H groups in total. The Labute approximate surface area is 142 Å². The van der Waals surface area contributed by atoms with Crippen molar-refractivity contribution in [1.29, 1.82) is 0 Å². The van der Waals surface area contributed by atoms with E-state index in [1.807, 2.05) is 29.1 Å². The lowest BCUT2D eigenvalue weighted by Gasteiger charge is -2.09. The van der Waals surface area contributed by atoms with Gasteiger partial charge in [0.1, 0.15) is 35.2 Å². The third-order valence-electron chi connectivity index (χ3n) is 3.43. The van der Waals surface area contributed by atoms with Crippen LogP contribution in [0.25, 0.3) is 5.82 Å². The van der Waals surface area contributed by atoms with Gasteiger partial charge in [0.25, 0.3) is 5.91 Å². The topological polar surface area (TPSA) is 71.8 Å². The van der Waals surface area contributed by atoms with Gasteiger partial charge in [-0.05, 0) is 24.3 Å². The fourth-order valence-corrected chi connectivity index (χ4v) is 2.24. The third kappa shape index (κ3) is 3.97. The number of nitrogens with one attached hydrogen (secondary N) is 2. The first-order valence-electron chi connectivity index (χ1n) is 7.56. The van der Waals surface area contributed by atoms with Crippen LogP contribution in [0.2, 0.25) is 0 Å². The fourth-order valence-electron chi connectivity index (χ4n) is 2.24. The van der Waals surface area contributed by atoms with Crippen molar-refractivity contribution >= 4 is 11.7 Å². The number of aromatic nitrogens is 3. The summed E-state index contributed by atoms with van der Waals surface area (Å²) in [7, 11) is 0. The van der Waals surface area contributed by atoms with Gasteiger partial charge in [0, 0.05) is 31.5 Å². The molecule has 25 heavy (non-hydrogen) atoms. The number of nitrogens with zero attached hydrogens (tertiary/aromatic N) is 3. The van der Waals surface area contributed by atoms with Crippen LogP contribution < -0.4 is 10.6 Å². The van der Waals surface area contributed by atoms with Crippen molar-refractivity contribution in [2.75, 3.05) is 18.4 Å². The van der Waals surface area contributed by atoms with Crippen molar-refractivity contribution in [3.8, 4) is 5.82 Å². The number of rotatable bonds is 6. The van der Waals surface area contributed by atoms with Crippen molar-refractivity contribution in [3.05, 3.63) is 72.3 Å². The van der Waals surface area contributed by atoms with Gasteiger partial charge in [0.2, 0.25) is 0 Å².